The van der Waals surface area contributed by atoms with Crippen LogP contribution in [-0.4, -0.2) is 29.6 Å². The molecule has 2 aromatic carbocycles. The number of ether oxygens (including phenoxy) is 1. The summed E-state index contributed by atoms with van der Waals surface area (Å²) in [4.78, 5) is 29.1. The van der Waals surface area contributed by atoms with Crippen molar-refractivity contribution in [3.63, 3.8) is 0 Å². The summed E-state index contributed by atoms with van der Waals surface area (Å²) in [6.45, 7) is 7.07. The highest BCUT2D eigenvalue weighted by Crippen LogP contribution is 2.22. The molecule has 0 radical (unpaired) electrons. The quantitative estimate of drug-likeness (QED) is 0.644. The molecule has 1 heterocycles. The zero-order valence-electron chi connectivity index (χ0n) is 16.2. The monoisotopic (exact) mass is 397 g/mol. The van der Waals surface area contributed by atoms with Gasteiger partial charge in [-0.1, -0.05) is 29.5 Å². The summed E-state index contributed by atoms with van der Waals surface area (Å²) >= 11 is 1.42. The van der Waals surface area contributed by atoms with E-state index >= 15 is 0 Å². The number of nitrogens with one attached hydrogen (secondary N) is 1. The number of amides is 2. The van der Waals surface area contributed by atoms with E-state index in [2.05, 4.69) is 10.3 Å². The number of anilines is 1. The van der Waals surface area contributed by atoms with E-state index in [9.17, 15) is 9.59 Å². The maximum absolute atomic E-state index is 12.7. The van der Waals surface area contributed by atoms with Crippen LogP contribution >= 0.6 is 11.3 Å². The molecule has 7 heteroatoms. The fraction of sp³-hybridized carbons (Fsp3) is 0.286. The molecule has 28 heavy (non-hydrogen) atoms. The molecule has 0 bridgehead atoms. The molecule has 0 atom stereocenters. The first-order valence-electron chi connectivity index (χ1n) is 9.13. The van der Waals surface area contributed by atoms with Crippen molar-refractivity contribution in [2.24, 2.45) is 4.99 Å². The largest absolute Gasteiger partial charge is 0.380 e. The number of carbonyl (C=O) groups is 2. The van der Waals surface area contributed by atoms with Crippen LogP contribution in [-0.2, 0) is 16.1 Å². The van der Waals surface area contributed by atoms with Crippen molar-refractivity contribution in [3.05, 3.63) is 58.4 Å². The molecule has 1 N–H and O–H groups in total. The molecule has 1 aromatic heterocycles. The lowest BCUT2D eigenvalue weighted by molar-refractivity contribution is -0.114. The van der Waals surface area contributed by atoms with E-state index in [4.69, 9.17) is 4.74 Å². The number of thiazole rings is 1. The molecule has 146 valence electrons. The Bertz CT molecular complexity index is 1080. The Morgan fingerprint density at radius 1 is 1.21 bits per heavy atom. The lowest BCUT2D eigenvalue weighted by Crippen LogP contribution is -2.20. The number of fused-ring (bicyclic) bond motifs is 1. The fourth-order valence-corrected chi connectivity index (χ4v) is 4.01. The lowest BCUT2D eigenvalue weighted by atomic mass is 10.1. The van der Waals surface area contributed by atoms with Gasteiger partial charge in [-0.25, -0.2) is 0 Å². The van der Waals surface area contributed by atoms with Gasteiger partial charge in [-0.2, -0.15) is 4.99 Å². The average molecular weight is 398 g/mol. The predicted molar refractivity (Wildman–Crippen MR) is 112 cm³/mol. The van der Waals surface area contributed by atoms with Crippen LogP contribution in [0.3, 0.4) is 0 Å². The van der Waals surface area contributed by atoms with Crippen LogP contribution < -0.4 is 10.1 Å². The maximum Gasteiger partial charge on any atom is 0.279 e. The van der Waals surface area contributed by atoms with E-state index in [1.807, 2.05) is 54.8 Å². The molecular weight excluding hydrogens is 374 g/mol. The van der Waals surface area contributed by atoms with Crippen molar-refractivity contribution in [2.75, 3.05) is 18.5 Å². The Morgan fingerprint density at radius 2 is 2.00 bits per heavy atom. The Labute approximate surface area is 167 Å². The molecule has 0 saturated heterocycles. The Morgan fingerprint density at radius 3 is 2.71 bits per heavy atom. The van der Waals surface area contributed by atoms with Crippen LogP contribution in [0.25, 0.3) is 10.2 Å². The molecule has 2 amide bonds. The molecule has 0 saturated carbocycles. The topological polar surface area (TPSA) is 72.7 Å². The van der Waals surface area contributed by atoms with Crippen molar-refractivity contribution in [1.82, 2.24) is 4.57 Å². The van der Waals surface area contributed by atoms with Crippen LogP contribution in [0.2, 0.25) is 0 Å². The van der Waals surface area contributed by atoms with E-state index in [-0.39, 0.29) is 11.8 Å². The summed E-state index contributed by atoms with van der Waals surface area (Å²) in [6, 6.07) is 13.1. The number of hydrogen-bond donors (Lipinski definition) is 1. The molecule has 0 aliphatic heterocycles. The highest BCUT2D eigenvalue weighted by molar-refractivity contribution is 7.16. The van der Waals surface area contributed by atoms with Crippen molar-refractivity contribution >= 4 is 39.1 Å². The smallest absolute Gasteiger partial charge is 0.279 e. The van der Waals surface area contributed by atoms with Crippen molar-refractivity contribution in [1.29, 1.82) is 0 Å². The second-order valence-electron chi connectivity index (χ2n) is 6.33. The summed E-state index contributed by atoms with van der Waals surface area (Å²) in [5.41, 5.74) is 3.16. The lowest BCUT2D eigenvalue weighted by Gasteiger charge is -2.06. The third kappa shape index (κ3) is 4.55. The first kappa shape index (κ1) is 20.0. The van der Waals surface area contributed by atoms with Crippen LogP contribution in [0.4, 0.5) is 5.69 Å². The van der Waals surface area contributed by atoms with Gasteiger partial charge in [-0.3, -0.25) is 9.59 Å². The minimum atomic E-state index is -0.267. The van der Waals surface area contributed by atoms with Crippen molar-refractivity contribution in [3.8, 4) is 0 Å². The average Bonchev–Trinajstić information content (AvgIpc) is 2.98. The van der Waals surface area contributed by atoms with E-state index in [1.54, 1.807) is 6.07 Å². The molecule has 3 aromatic rings. The minimum absolute atomic E-state index is 0.125. The van der Waals surface area contributed by atoms with Gasteiger partial charge in [0.1, 0.15) is 0 Å². The second kappa shape index (κ2) is 8.95. The molecule has 0 aliphatic rings. The molecule has 3 rings (SSSR count). The van der Waals surface area contributed by atoms with Crippen LogP contribution in [0.1, 0.15) is 29.8 Å². The molecule has 0 aliphatic carbocycles. The number of benzene rings is 2. The Hall–Kier alpha value is -2.77. The van der Waals surface area contributed by atoms with Gasteiger partial charge in [0.05, 0.1) is 16.8 Å². The Balaban J connectivity index is 2.08. The zero-order valence-corrected chi connectivity index (χ0v) is 17.0. The first-order valence-corrected chi connectivity index (χ1v) is 9.94. The normalized spacial score (nSPS) is 11.8. The van der Waals surface area contributed by atoms with Gasteiger partial charge in [-0.05, 0) is 43.7 Å². The summed E-state index contributed by atoms with van der Waals surface area (Å²) in [7, 11) is 0. The first-order chi connectivity index (χ1) is 13.5. The molecule has 0 unspecified atom stereocenters. The van der Waals surface area contributed by atoms with Crippen molar-refractivity contribution < 1.29 is 14.3 Å². The number of nitrogens with zero attached hydrogens (tertiary/aromatic N) is 2. The van der Waals surface area contributed by atoms with E-state index in [0.717, 1.165) is 21.5 Å². The van der Waals surface area contributed by atoms with E-state index in [1.165, 1.54) is 18.3 Å². The predicted octanol–water partition coefficient (Wildman–Crippen LogP) is 3.75. The second-order valence-corrected chi connectivity index (χ2v) is 7.34. The SMILES string of the molecule is CCOCCn1c(=NC(=O)c2ccccc2C)sc2cc(NC(C)=O)ccc21. The Kier molecular flexibility index (Phi) is 6.38. The number of aromatic nitrogens is 1. The fourth-order valence-electron chi connectivity index (χ4n) is 2.92. The summed E-state index contributed by atoms with van der Waals surface area (Å²) in [6.07, 6.45) is 0. The summed E-state index contributed by atoms with van der Waals surface area (Å²) < 4.78 is 8.43. The zero-order chi connectivity index (χ0) is 20.1. The van der Waals surface area contributed by atoms with Crippen LogP contribution in [0.15, 0.2) is 47.5 Å². The van der Waals surface area contributed by atoms with Gasteiger partial charge in [0.15, 0.2) is 4.80 Å². The summed E-state index contributed by atoms with van der Waals surface area (Å²) in [5.74, 6) is -0.392. The molecular formula is C21H23N3O3S. The third-order valence-corrected chi connectivity index (χ3v) is 5.28. The molecule has 0 spiro atoms. The van der Waals surface area contributed by atoms with E-state index < -0.39 is 0 Å². The number of hydrogen-bond acceptors (Lipinski definition) is 4. The third-order valence-electron chi connectivity index (χ3n) is 4.24. The van der Waals surface area contributed by atoms with Gasteiger partial charge >= 0.3 is 0 Å². The van der Waals surface area contributed by atoms with Crippen LogP contribution in [0.5, 0.6) is 0 Å². The molecule has 0 fully saturated rings. The van der Waals surface area contributed by atoms with Gasteiger partial charge in [0.25, 0.3) is 5.91 Å². The molecule has 6 nitrogen and oxygen atoms in total. The van der Waals surface area contributed by atoms with Crippen molar-refractivity contribution in [2.45, 2.75) is 27.3 Å². The number of rotatable bonds is 6. The van der Waals surface area contributed by atoms with Gasteiger partial charge in [0.2, 0.25) is 5.91 Å². The standard InChI is InChI=1S/C21H23N3O3S/c1-4-27-12-11-24-18-10-9-16(22-15(3)25)13-19(18)28-21(24)23-20(26)17-8-6-5-7-14(17)2/h5-10,13H,4,11-12H2,1-3H3,(H,22,25). The highest BCUT2D eigenvalue weighted by atomic mass is 32.1. The number of aryl methyl sites for hydroxylation is 1. The summed E-state index contributed by atoms with van der Waals surface area (Å²) in [5, 5.41) is 2.79. The maximum atomic E-state index is 12.7. The number of carbonyl (C=O) groups excluding carboxylic acids is 2. The van der Waals surface area contributed by atoms with Gasteiger partial charge in [0, 0.05) is 31.3 Å². The highest BCUT2D eigenvalue weighted by Gasteiger charge is 2.11. The minimum Gasteiger partial charge on any atom is -0.380 e. The van der Waals surface area contributed by atoms with E-state index in [0.29, 0.717) is 30.1 Å². The van der Waals surface area contributed by atoms with Gasteiger partial charge in [-0.15, -0.1) is 0 Å². The van der Waals surface area contributed by atoms with Crippen LogP contribution in [0, 0.1) is 6.92 Å². The van der Waals surface area contributed by atoms with Gasteiger partial charge < -0.3 is 14.6 Å².